The second kappa shape index (κ2) is 8.35. The van der Waals surface area contributed by atoms with Crippen LogP contribution < -0.4 is 9.47 Å². The third-order valence-corrected chi connectivity index (χ3v) is 3.65. The van der Waals surface area contributed by atoms with E-state index < -0.39 is 35.3 Å². The molecule has 1 aromatic heterocycles. The molecule has 0 amide bonds. The predicted molar refractivity (Wildman–Crippen MR) is 90.1 cm³/mol. The number of esters is 1. The summed E-state index contributed by atoms with van der Waals surface area (Å²) in [5.41, 5.74) is -0.451. The van der Waals surface area contributed by atoms with Crippen LogP contribution in [0.3, 0.4) is 0 Å². The molecule has 7 nitrogen and oxygen atoms in total. The van der Waals surface area contributed by atoms with Crippen LogP contribution in [0, 0.1) is 11.6 Å². The van der Waals surface area contributed by atoms with Crippen molar-refractivity contribution in [2.75, 3.05) is 7.11 Å². The zero-order chi connectivity index (χ0) is 21.9. The van der Waals surface area contributed by atoms with Crippen LogP contribution in [0.4, 0.5) is 22.0 Å². The van der Waals surface area contributed by atoms with E-state index in [1.54, 1.807) is 0 Å². The van der Waals surface area contributed by atoms with E-state index in [-0.39, 0.29) is 18.2 Å². The number of rotatable bonds is 6. The van der Waals surface area contributed by atoms with Crippen molar-refractivity contribution in [3.05, 3.63) is 65.7 Å². The van der Waals surface area contributed by atoms with Crippen molar-refractivity contribution in [3.63, 3.8) is 0 Å². The molecule has 0 unspecified atom stereocenters. The molecule has 0 aliphatic carbocycles. The van der Waals surface area contributed by atoms with E-state index in [4.69, 9.17) is 4.74 Å². The first kappa shape index (κ1) is 21.0. The van der Waals surface area contributed by atoms with Crippen LogP contribution in [0.15, 0.2) is 42.7 Å². The van der Waals surface area contributed by atoms with Crippen molar-refractivity contribution in [1.29, 1.82) is 0 Å². The van der Waals surface area contributed by atoms with Crippen LogP contribution >= 0.6 is 0 Å². The molecule has 0 radical (unpaired) electrons. The monoisotopic (exact) mass is 429 g/mol. The number of halogens is 5. The molecule has 0 N–H and O–H groups in total. The van der Waals surface area contributed by atoms with Crippen LogP contribution in [-0.4, -0.2) is 34.2 Å². The third-order valence-electron chi connectivity index (χ3n) is 3.65. The van der Waals surface area contributed by atoms with Crippen molar-refractivity contribution in [2.24, 2.45) is 0 Å². The third kappa shape index (κ3) is 5.01. The molecule has 12 heteroatoms. The lowest BCUT2D eigenvalue weighted by atomic mass is 10.2. The maximum absolute atomic E-state index is 13.9. The zero-order valence-corrected chi connectivity index (χ0v) is 15.1. The molecule has 0 fully saturated rings. The highest BCUT2D eigenvalue weighted by Gasteiger charge is 2.31. The standard InChI is InChI=1S/C18H12F5N3O4/c1-28-17(27)16-13(19)6-12(7-14(16)20)29-8-15-24-9-26(25-15)10-2-4-11(5-3-10)30-18(21,22)23/h2-7,9H,8H2,1H3. The average molecular weight is 429 g/mol. The highest BCUT2D eigenvalue weighted by molar-refractivity contribution is 5.90. The summed E-state index contributed by atoms with van der Waals surface area (Å²) in [6, 6.07) is 6.49. The summed E-state index contributed by atoms with van der Waals surface area (Å²) in [5.74, 6) is -3.95. The molecule has 0 atom stereocenters. The average Bonchev–Trinajstić information content (AvgIpc) is 3.14. The van der Waals surface area contributed by atoms with E-state index in [9.17, 15) is 26.7 Å². The lowest BCUT2D eigenvalue weighted by molar-refractivity contribution is -0.274. The lowest BCUT2D eigenvalue weighted by Gasteiger charge is -2.09. The molecule has 0 aliphatic rings. The SMILES string of the molecule is COC(=O)c1c(F)cc(OCc2ncn(-c3ccc(OC(F)(F)F)cc3)n2)cc1F. The molecular weight excluding hydrogens is 417 g/mol. The Kier molecular flexibility index (Phi) is 5.85. The molecule has 2 aromatic carbocycles. The molecule has 3 aromatic rings. The van der Waals surface area contributed by atoms with Crippen molar-refractivity contribution in [2.45, 2.75) is 13.0 Å². The lowest BCUT2D eigenvalue weighted by Crippen LogP contribution is -2.17. The Morgan fingerprint density at radius 2 is 1.70 bits per heavy atom. The van der Waals surface area contributed by atoms with E-state index in [0.717, 1.165) is 31.4 Å². The Morgan fingerprint density at radius 3 is 2.27 bits per heavy atom. The number of carbonyl (C=O) groups excluding carboxylic acids is 1. The van der Waals surface area contributed by atoms with Crippen LogP contribution in [0.2, 0.25) is 0 Å². The number of carbonyl (C=O) groups is 1. The number of aromatic nitrogens is 3. The van der Waals surface area contributed by atoms with E-state index in [0.29, 0.717) is 5.69 Å². The second-order valence-electron chi connectivity index (χ2n) is 5.69. The molecule has 158 valence electrons. The number of hydrogen-bond donors (Lipinski definition) is 0. The van der Waals surface area contributed by atoms with E-state index in [1.165, 1.54) is 23.1 Å². The number of ether oxygens (including phenoxy) is 3. The van der Waals surface area contributed by atoms with Gasteiger partial charge in [-0.05, 0) is 24.3 Å². The van der Waals surface area contributed by atoms with Gasteiger partial charge < -0.3 is 14.2 Å². The van der Waals surface area contributed by atoms with Crippen LogP contribution in [-0.2, 0) is 11.3 Å². The van der Waals surface area contributed by atoms with Gasteiger partial charge in [-0.15, -0.1) is 18.3 Å². The molecule has 0 aliphatic heterocycles. The maximum atomic E-state index is 13.9. The molecule has 0 bridgehead atoms. The second-order valence-corrected chi connectivity index (χ2v) is 5.69. The fourth-order valence-electron chi connectivity index (χ4n) is 2.37. The fraction of sp³-hybridized carbons (Fsp3) is 0.167. The molecular formula is C18H12F5N3O4. The molecule has 3 rings (SSSR count). The molecule has 0 saturated carbocycles. The van der Waals surface area contributed by atoms with Gasteiger partial charge in [-0.2, -0.15) is 0 Å². The Labute approximate surface area is 165 Å². The highest BCUT2D eigenvalue weighted by atomic mass is 19.4. The Balaban J connectivity index is 1.67. The van der Waals surface area contributed by atoms with Gasteiger partial charge in [0.2, 0.25) is 0 Å². The minimum Gasteiger partial charge on any atom is -0.485 e. The fourth-order valence-corrected chi connectivity index (χ4v) is 2.37. The van der Waals surface area contributed by atoms with Gasteiger partial charge in [0.05, 0.1) is 12.8 Å². The van der Waals surface area contributed by atoms with Gasteiger partial charge in [-0.25, -0.2) is 23.2 Å². The summed E-state index contributed by atoms with van der Waals surface area (Å²) < 4.78 is 78.9. The first-order valence-corrected chi connectivity index (χ1v) is 8.13. The van der Waals surface area contributed by atoms with Gasteiger partial charge in [0.1, 0.15) is 41.6 Å². The van der Waals surface area contributed by atoms with Gasteiger partial charge in [0.25, 0.3) is 0 Å². The maximum Gasteiger partial charge on any atom is 0.573 e. The van der Waals surface area contributed by atoms with E-state index in [2.05, 4.69) is 19.6 Å². The van der Waals surface area contributed by atoms with Gasteiger partial charge in [-0.3, -0.25) is 0 Å². The topological polar surface area (TPSA) is 75.5 Å². The Morgan fingerprint density at radius 1 is 1.07 bits per heavy atom. The summed E-state index contributed by atoms with van der Waals surface area (Å²) in [6.07, 6.45) is -3.52. The van der Waals surface area contributed by atoms with E-state index in [1.807, 2.05) is 0 Å². The van der Waals surface area contributed by atoms with Crippen molar-refractivity contribution in [3.8, 4) is 17.2 Å². The normalized spacial score (nSPS) is 11.3. The van der Waals surface area contributed by atoms with Crippen LogP contribution in [0.5, 0.6) is 11.5 Å². The largest absolute Gasteiger partial charge is 0.573 e. The van der Waals surface area contributed by atoms with Gasteiger partial charge in [0.15, 0.2) is 5.82 Å². The summed E-state index contributed by atoms with van der Waals surface area (Å²) in [5, 5.41) is 4.06. The minimum atomic E-state index is -4.80. The van der Waals surface area contributed by atoms with Crippen LogP contribution in [0.25, 0.3) is 5.69 Å². The Bertz CT molecular complexity index is 1030. The minimum absolute atomic E-state index is 0.128. The zero-order valence-electron chi connectivity index (χ0n) is 15.1. The van der Waals surface area contributed by atoms with Crippen molar-refractivity contribution in [1.82, 2.24) is 14.8 Å². The predicted octanol–water partition coefficient (Wildman–Crippen LogP) is 3.81. The summed E-state index contributed by atoms with van der Waals surface area (Å²) in [7, 11) is 0.991. The smallest absolute Gasteiger partial charge is 0.485 e. The number of methoxy groups -OCH3 is 1. The Hall–Kier alpha value is -3.70. The molecule has 0 spiro atoms. The van der Waals surface area contributed by atoms with Gasteiger partial charge in [-0.1, -0.05) is 0 Å². The van der Waals surface area contributed by atoms with Crippen molar-refractivity contribution < 1.29 is 41.0 Å². The van der Waals surface area contributed by atoms with Crippen LogP contribution in [0.1, 0.15) is 16.2 Å². The first-order valence-electron chi connectivity index (χ1n) is 8.13. The number of alkyl halides is 3. The van der Waals surface area contributed by atoms with Crippen molar-refractivity contribution >= 4 is 5.97 Å². The first-order chi connectivity index (χ1) is 14.2. The highest BCUT2D eigenvalue weighted by Crippen LogP contribution is 2.24. The summed E-state index contributed by atoms with van der Waals surface area (Å²) >= 11 is 0. The number of benzene rings is 2. The van der Waals surface area contributed by atoms with E-state index >= 15 is 0 Å². The quantitative estimate of drug-likeness (QED) is 0.438. The molecule has 30 heavy (non-hydrogen) atoms. The van der Waals surface area contributed by atoms with Gasteiger partial charge >= 0.3 is 12.3 Å². The molecule has 0 saturated heterocycles. The number of hydrogen-bond acceptors (Lipinski definition) is 6. The van der Waals surface area contributed by atoms with Gasteiger partial charge in [0, 0.05) is 12.1 Å². The summed E-state index contributed by atoms with van der Waals surface area (Å²) in [6.45, 7) is -0.265. The number of nitrogens with zero attached hydrogens (tertiary/aromatic N) is 3. The summed E-state index contributed by atoms with van der Waals surface area (Å²) in [4.78, 5) is 15.3. The molecule has 1 heterocycles.